The minimum Gasteiger partial charge on any atom is -0.489 e. The maximum atomic E-state index is 10.1. The predicted molar refractivity (Wildman–Crippen MR) is 56.4 cm³/mol. The van der Waals surface area contributed by atoms with E-state index in [9.17, 15) is 4.79 Å². The molecule has 1 aromatic rings. The Morgan fingerprint density at radius 3 is 2.71 bits per heavy atom. The third kappa shape index (κ3) is 3.01. The van der Waals surface area contributed by atoms with E-state index in [1.807, 2.05) is 32.0 Å². The normalized spacial score (nSPS) is 10.8. The lowest BCUT2D eigenvalue weighted by Gasteiger charge is -2.11. The molecule has 0 atom stereocenters. The second-order valence-electron chi connectivity index (χ2n) is 3.05. The number of hydrogen-bond donors (Lipinski definition) is 0. The molecule has 0 saturated heterocycles. The van der Waals surface area contributed by atoms with Gasteiger partial charge in [-0.05, 0) is 26.0 Å². The van der Waals surface area contributed by atoms with Crippen LogP contribution in [0.5, 0.6) is 5.75 Å². The van der Waals surface area contributed by atoms with Gasteiger partial charge in [0.05, 0.1) is 12.3 Å². The summed E-state index contributed by atoms with van der Waals surface area (Å²) >= 11 is 0. The number of para-hydroxylation sites is 2. The van der Waals surface area contributed by atoms with Gasteiger partial charge < -0.3 is 4.74 Å². The summed E-state index contributed by atoms with van der Waals surface area (Å²) in [4.78, 5) is 14.1. The molecule has 0 heterocycles. The Morgan fingerprint density at radius 1 is 1.36 bits per heavy atom. The molecule has 1 rings (SSSR count). The molecule has 0 radical (unpaired) electrons. The molecule has 0 saturated carbocycles. The molecule has 0 spiro atoms. The third-order valence-electron chi connectivity index (χ3n) is 1.50. The van der Waals surface area contributed by atoms with Gasteiger partial charge in [0.15, 0.2) is 6.29 Å². The lowest BCUT2D eigenvalue weighted by Crippen LogP contribution is -2.05. The molecule has 1 aromatic carbocycles. The zero-order chi connectivity index (χ0) is 10.4. The maximum Gasteiger partial charge on any atom is 0.161 e. The summed E-state index contributed by atoms with van der Waals surface area (Å²) in [5, 5.41) is 0. The highest BCUT2D eigenvalue weighted by atomic mass is 16.5. The van der Waals surface area contributed by atoms with E-state index >= 15 is 0 Å². The molecule has 3 heteroatoms. The van der Waals surface area contributed by atoms with Crippen LogP contribution in [-0.4, -0.2) is 18.6 Å². The van der Waals surface area contributed by atoms with Gasteiger partial charge in [-0.3, -0.25) is 4.79 Å². The van der Waals surface area contributed by atoms with E-state index in [4.69, 9.17) is 4.74 Å². The van der Waals surface area contributed by atoms with Crippen molar-refractivity contribution in [2.24, 2.45) is 4.99 Å². The summed E-state index contributed by atoms with van der Waals surface area (Å²) in [7, 11) is 0. The van der Waals surface area contributed by atoms with E-state index in [0.717, 1.165) is 0 Å². The van der Waals surface area contributed by atoms with Crippen LogP contribution in [0.2, 0.25) is 0 Å². The molecular formula is C11H13NO2. The van der Waals surface area contributed by atoms with Crippen molar-refractivity contribution >= 4 is 18.2 Å². The number of rotatable bonds is 4. The summed E-state index contributed by atoms with van der Waals surface area (Å²) in [5.41, 5.74) is 0.674. The lowest BCUT2D eigenvalue weighted by atomic mass is 10.3. The molecule has 14 heavy (non-hydrogen) atoms. The number of nitrogens with zero attached hydrogens (tertiary/aromatic N) is 1. The zero-order valence-corrected chi connectivity index (χ0v) is 8.31. The van der Waals surface area contributed by atoms with Crippen LogP contribution >= 0.6 is 0 Å². The van der Waals surface area contributed by atoms with Gasteiger partial charge in [-0.25, -0.2) is 4.99 Å². The first kappa shape index (κ1) is 10.4. The van der Waals surface area contributed by atoms with Crippen LogP contribution in [0.4, 0.5) is 5.69 Å². The fraction of sp³-hybridized carbons (Fsp3) is 0.273. The van der Waals surface area contributed by atoms with E-state index in [-0.39, 0.29) is 6.10 Å². The van der Waals surface area contributed by atoms with Crippen LogP contribution in [0.3, 0.4) is 0 Å². The monoisotopic (exact) mass is 191 g/mol. The Labute approximate surface area is 83.4 Å². The predicted octanol–water partition coefficient (Wildman–Crippen LogP) is 2.38. The van der Waals surface area contributed by atoms with Crippen LogP contribution in [0.15, 0.2) is 29.3 Å². The third-order valence-corrected chi connectivity index (χ3v) is 1.50. The van der Waals surface area contributed by atoms with Crippen molar-refractivity contribution < 1.29 is 9.53 Å². The summed E-state index contributed by atoms with van der Waals surface area (Å²) in [5.74, 6) is 0.695. The van der Waals surface area contributed by atoms with E-state index in [2.05, 4.69) is 4.99 Å². The fourth-order valence-corrected chi connectivity index (χ4v) is 1.03. The van der Waals surface area contributed by atoms with Gasteiger partial charge in [0.2, 0.25) is 0 Å². The topological polar surface area (TPSA) is 38.7 Å². The standard InChI is InChI=1S/C11H13NO2/c1-9(2)14-11-6-4-3-5-10(11)12-7-8-13/h3-9H,1-2H3. The fourth-order valence-electron chi connectivity index (χ4n) is 1.03. The lowest BCUT2D eigenvalue weighted by molar-refractivity contribution is -0.102. The number of aliphatic imine (C=N–C) groups is 1. The van der Waals surface area contributed by atoms with Crippen molar-refractivity contribution in [3.8, 4) is 5.75 Å². The van der Waals surface area contributed by atoms with Crippen LogP contribution in [0.1, 0.15) is 13.8 Å². The first-order valence-electron chi connectivity index (χ1n) is 4.47. The molecule has 3 nitrogen and oxygen atoms in total. The highest BCUT2D eigenvalue weighted by molar-refractivity contribution is 6.13. The Kier molecular flexibility index (Phi) is 3.85. The molecule has 0 aliphatic carbocycles. The number of carbonyl (C=O) groups excluding carboxylic acids is 1. The Balaban J connectivity index is 2.90. The van der Waals surface area contributed by atoms with Crippen LogP contribution in [0.25, 0.3) is 0 Å². The van der Waals surface area contributed by atoms with Gasteiger partial charge in [-0.2, -0.15) is 0 Å². The SMILES string of the molecule is CC(C)Oc1ccccc1N=CC=O. The van der Waals surface area contributed by atoms with Crippen molar-refractivity contribution in [3.05, 3.63) is 24.3 Å². The first-order chi connectivity index (χ1) is 6.74. The quantitative estimate of drug-likeness (QED) is 0.541. The molecule has 0 aliphatic rings. The number of benzene rings is 1. The average Bonchev–Trinajstić information content (AvgIpc) is 2.16. The average molecular weight is 191 g/mol. The summed E-state index contributed by atoms with van der Waals surface area (Å²) < 4.78 is 5.51. The van der Waals surface area contributed by atoms with Crippen LogP contribution in [0, 0.1) is 0 Å². The van der Waals surface area contributed by atoms with Gasteiger partial charge in [-0.15, -0.1) is 0 Å². The van der Waals surface area contributed by atoms with Crippen molar-refractivity contribution in [1.82, 2.24) is 0 Å². The molecule has 74 valence electrons. The number of ether oxygens (including phenoxy) is 1. The number of hydrogen-bond acceptors (Lipinski definition) is 3. The molecule has 0 aromatic heterocycles. The molecule has 0 fully saturated rings. The molecule has 0 aliphatic heterocycles. The van der Waals surface area contributed by atoms with Gasteiger partial charge >= 0.3 is 0 Å². The molecule has 0 N–H and O–H groups in total. The number of carbonyl (C=O) groups is 1. The summed E-state index contributed by atoms with van der Waals surface area (Å²) in [6.45, 7) is 3.89. The van der Waals surface area contributed by atoms with Crippen LogP contribution in [-0.2, 0) is 4.79 Å². The van der Waals surface area contributed by atoms with E-state index in [0.29, 0.717) is 17.7 Å². The highest BCUT2D eigenvalue weighted by Gasteiger charge is 2.02. The van der Waals surface area contributed by atoms with E-state index in [1.165, 1.54) is 6.21 Å². The summed E-state index contributed by atoms with van der Waals surface area (Å²) in [6.07, 6.45) is 1.96. The van der Waals surface area contributed by atoms with Gasteiger partial charge in [0.1, 0.15) is 11.4 Å². The van der Waals surface area contributed by atoms with Gasteiger partial charge in [-0.1, -0.05) is 12.1 Å². The Bertz CT molecular complexity index is 332. The van der Waals surface area contributed by atoms with Crippen molar-refractivity contribution in [1.29, 1.82) is 0 Å². The summed E-state index contributed by atoms with van der Waals surface area (Å²) in [6, 6.07) is 7.36. The Hall–Kier alpha value is -1.64. The van der Waals surface area contributed by atoms with Crippen LogP contribution < -0.4 is 4.74 Å². The van der Waals surface area contributed by atoms with Crippen molar-refractivity contribution in [3.63, 3.8) is 0 Å². The molecular weight excluding hydrogens is 178 g/mol. The van der Waals surface area contributed by atoms with Crippen molar-refractivity contribution in [2.75, 3.05) is 0 Å². The minimum atomic E-state index is 0.0996. The first-order valence-corrected chi connectivity index (χ1v) is 4.47. The molecule has 0 unspecified atom stereocenters. The molecule has 0 amide bonds. The van der Waals surface area contributed by atoms with Gasteiger partial charge in [0, 0.05) is 0 Å². The van der Waals surface area contributed by atoms with Crippen molar-refractivity contribution in [2.45, 2.75) is 20.0 Å². The zero-order valence-electron chi connectivity index (χ0n) is 8.31. The van der Waals surface area contributed by atoms with E-state index in [1.54, 1.807) is 6.07 Å². The minimum absolute atomic E-state index is 0.0996. The highest BCUT2D eigenvalue weighted by Crippen LogP contribution is 2.27. The second kappa shape index (κ2) is 5.17. The molecule has 0 bridgehead atoms. The Morgan fingerprint density at radius 2 is 2.07 bits per heavy atom. The maximum absolute atomic E-state index is 10.1. The largest absolute Gasteiger partial charge is 0.489 e. The second-order valence-corrected chi connectivity index (χ2v) is 3.05. The number of aldehydes is 1. The van der Waals surface area contributed by atoms with E-state index < -0.39 is 0 Å². The smallest absolute Gasteiger partial charge is 0.161 e. The van der Waals surface area contributed by atoms with Gasteiger partial charge in [0.25, 0.3) is 0 Å².